The van der Waals surface area contributed by atoms with Crippen molar-refractivity contribution in [3.05, 3.63) is 59.7 Å². The summed E-state index contributed by atoms with van der Waals surface area (Å²) in [6, 6.07) is 18.8. The molecule has 1 aliphatic heterocycles. The topological polar surface area (TPSA) is 6.48 Å². The maximum Gasteiger partial charge on any atom is 0.0351 e. The molecule has 2 aliphatic rings. The molecule has 0 amide bonds. The largest absolute Gasteiger partial charge is 0.304 e. The summed E-state index contributed by atoms with van der Waals surface area (Å²) in [5.41, 5.74) is 5.46. The van der Waals surface area contributed by atoms with Crippen LogP contribution in [0.2, 0.25) is 0 Å². The van der Waals surface area contributed by atoms with Crippen LogP contribution >= 0.6 is 0 Å². The number of benzene rings is 2. The van der Waals surface area contributed by atoms with Gasteiger partial charge in [0.15, 0.2) is 0 Å². The van der Waals surface area contributed by atoms with Gasteiger partial charge in [-0.05, 0) is 55.3 Å². The molecule has 0 spiro atoms. The summed E-state index contributed by atoms with van der Waals surface area (Å²) in [4.78, 5) is 5.18. The van der Waals surface area contributed by atoms with E-state index in [0.717, 1.165) is 11.8 Å². The van der Waals surface area contributed by atoms with Gasteiger partial charge in [-0.2, -0.15) is 0 Å². The fraction of sp³-hybridized carbons (Fsp3) is 0.500. The summed E-state index contributed by atoms with van der Waals surface area (Å²) in [7, 11) is 2.24. The van der Waals surface area contributed by atoms with Gasteiger partial charge in [0.05, 0.1) is 0 Å². The van der Waals surface area contributed by atoms with Crippen molar-refractivity contribution in [1.82, 2.24) is 9.80 Å². The second-order valence-electron chi connectivity index (χ2n) is 8.55. The fourth-order valence-electron chi connectivity index (χ4n) is 4.29. The van der Waals surface area contributed by atoms with Crippen molar-refractivity contribution in [3.8, 4) is 11.1 Å². The van der Waals surface area contributed by atoms with Crippen LogP contribution in [0.5, 0.6) is 0 Å². The molecule has 2 heteroatoms. The van der Waals surface area contributed by atoms with Gasteiger partial charge in [0.25, 0.3) is 0 Å². The third-order valence-electron chi connectivity index (χ3n) is 6.46. The molecule has 0 aromatic heterocycles. The summed E-state index contributed by atoms with van der Waals surface area (Å²) in [5, 5.41) is 0. The van der Waals surface area contributed by atoms with Crippen molar-refractivity contribution >= 4 is 0 Å². The van der Waals surface area contributed by atoms with E-state index in [-0.39, 0.29) is 0 Å². The highest BCUT2D eigenvalue weighted by molar-refractivity contribution is 5.64. The molecule has 1 heterocycles. The highest BCUT2D eigenvalue weighted by atomic mass is 15.3. The number of hydrogen-bond donors (Lipinski definition) is 0. The molecule has 0 radical (unpaired) electrons. The van der Waals surface area contributed by atoms with E-state index in [2.05, 4.69) is 79.2 Å². The Labute approximate surface area is 158 Å². The van der Waals surface area contributed by atoms with E-state index < -0.39 is 0 Å². The predicted octanol–water partition coefficient (Wildman–Crippen LogP) is 5.00. The maximum absolute atomic E-state index is 2.73. The number of hydrogen-bond acceptors (Lipinski definition) is 2. The van der Waals surface area contributed by atoms with Gasteiger partial charge in [0, 0.05) is 32.2 Å². The monoisotopic (exact) mass is 348 g/mol. The maximum atomic E-state index is 2.73. The van der Waals surface area contributed by atoms with Gasteiger partial charge in [-0.1, -0.05) is 61.0 Å². The van der Waals surface area contributed by atoms with Crippen LogP contribution in [0.3, 0.4) is 0 Å². The zero-order chi connectivity index (χ0) is 18.1. The summed E-state index contributed by atoms with van der Waals surface area (Å²) in [5.74, 6) is 1.85. The van der Waals surface area contributed by atoms with Gasteiger partial charge in [-0.3, -0.25) is 4.90 Å². The molecule has 2 fully saturated rings. The Hall–Kier alpha value is -1.64. The van der Waals surface area contributed by atoms with E-state index >= 15 is 0 Å². The van der Waals surface area contributed by atoms with E-state index in [1.165, 1.54) is 61.3 Å². The van der Waals surface area contributed by atoms with Crippen molar-refractivity contribution in [3.63, 3.8) is 0 Å². The molecule has 1 saturated carbocycles. The Kier molecular flexibility index (Phi) is 5.15. The lowest BCUT2D eigenvalue weighted by Crippen LogP contribution is -2.46. The number of rotatable bonds is 5. The minimum Gasteiger partial charge on any atom is -0.304 e. The third-order valence-corrected chi connectivity index (χ3v) is 6.46. The molecule has 138 valence electrons. The lowest BCUT2D eigenvalue weighted by molar-refractivity contribution is 0.103. The van der Waals surface area contributed by atoms with E-state index in [1.807, 2.05) is 0 Å². The summed E-state index contributed by atoms with van der Waals surface area (Å²) in [6.45, 7) is 9.33. The predicted molar refractivity (Wildman–Crippen MR) is 110 cm³/mol. The summed E-state index contributed by atoms with van der Waals surface area (Å²) < 4.78 is 0. The zero-order valence-corrected chi connectivity index (χ0v) is 16.5. The number of piperazine rings is 1. The first kappa shape index (κ1) is 17.8. The third kappa shape index (κ3) is 4.02. The first-order valence-corrected chi connectivity index (χ1v) is 10.2. The molecule has 0 bridgehead atoms. The molecule has 3 unspecified atom stereocenters. The minimum absolute atomic E-state index is 0.589. The van der Waals surface area contributed by atoms with Crippen LogP contribution in [0.15, 0.2) is 48.5 Å². The van der Waals surface area contributed by atoms with E-state index in [4.69, 9.17) is 0 Å². The molecule has 2 nitrogen and oxygen atoms in total. The molecule has 3 atom stereocenters. The second-order valence-corrected chi connectivity index (χ2v) is 8.55. The normalized spacial score (nSPS) is 25.2. The first-order valence-electron chi connectivity index (χ1n) is 10.2. The molecule has 1 saturated heterocycles. The van der Waals surface area contributed by atoms with Crippen molar-refractivity contribution in [2.45, 2.75) is 32.7 Å². The van der Waals surface area contributed by atoms with Crippen molar-refractivity contribution in [2.75, 3.05) is 33.2 Å². The van der Waals surface area contributed by atoms with Crippen LogP contribution < -0.4 is 0 Å². The Balaban J connectivity index is 1.53. The number of likely N-dealkylation sites (N-methyl/N-ethyl adjacent to an activating group) is 1. The standard InChI is InChI=1S/C24H32N2/c1-18-4-6-20(7-5-18)21-8-10-22(11-9-21)24(17-23-16-19(23)2)26-14-12-25(3)13-15-26/h4-11,19,23-24H,12-17H2,1-3H3. The van der Waals surface area contributed by atoms with E-state index in [9.17, 15) is 0 Å². The van der Waals surface area contributed by atoms with Gasteiger partial charge < -0.3 is 4.90 Å². The Morgan fingerprint density at radius 3 is 1.96 bits per heavy atom. The molecule has 2 aromatic rings. The van der Waals surface area contributed by atoms with Crippen LogP contribution in [-0.4, -0.2) is 43.0 Å². The summed E-state index contributed by atoms with van der Waals surface area (Å²) in [6.07, 6.45) is 2.75. The minimum atomic E-state index is 0.589. The molecular weight excluding hydrogens is 316 g/mol. The molecule has 26 heavy (non-hydrogen) atoms. The highest BCUT2D eigenvalue weighted by Crippen LogP contribution is 2.45. The van der Waals surface area contributed by atoms with Crippen LogP contribution in [0.25, 0.3) is 11.1 Å². The molecule has 4 rings (SSSR count). The van der Waals surface area contributed by atoms with Gasteiger partial charge in [-0.15, -0.1) is 0 Å². The zero-order valence-electron chi connectivity index (χ0n) is 16.5. The van der Waals surface area contributed by atoms with Crippen LogP contribution in [0.4, 0.5) is 0 Å². The van der Waals surface area contributed by atoms with Gasteiger partial charge in [0.1, 0.15) is 0 Å². The number of nitrogens with zero attached hydrogens (tertiary/aromatic N) is 2. The Morgan fingerprint density at radius 2 is 1.42 bits per heavy atom. The Morgan fingerprint density at radius 1 is 0.885 bits per heavy atom. The van der Waals surface area contributed by atoms with E-state index in [1.54, 1.807) is 0 Å². The fourth-order valence-corrected chi connectivity index (χ4v) is 4.29. The van der Waals surface area contributed by atoms with Crippen molar-refractivity contribution < 1.29 is 0 Å². The van der Waals surface area contributed by atoms with Crippen LogP contribution in [0.1, 0.15) is 36.9 Å². The number of aryl methyl sites for hydroxylation is 1. The van der Waals surface area contributed by atoms with Gasteiger partial charge in [-0.25, -0.2) is 0 Å². The molecule has 1 aliphatic carbocycles. The van der Waals surface area contributed by atoms with Crippen LogP contribution in [-0.2, 0) is 0 Å². The molecule has 2 aromatic carbocycles. The van der Waals surface area contributed by atoms with Gasteiger partial charge >= 0.3 is 0 Å². The molecule has 0 N–H and O–H groups in total. The highest BCUT2D eigenvalue weighted by Gasteiger charge is 2.37. The Bertz CT molecular complexity index is 711. The summed E-state index contributed by atoms with van der Waals surface area (Å²) >= 11 is 0. The first-order chi connectivity index (χ1) is 12.6. The van der Waals surface area contributed by atoms with Crippen molar-refractivity contribution in [1.29, 1.82) is 0 Å². The average molecular weight is 349 g/mol. The van der Waals surface area contributed by atoms with Gasteiger partial charge in [0.2, 0.25) is 0 Å². The molecular formula is C24H32N2. The van der Waals surface area contributed by atoms with E-state index in [0.29, 0.717) is 6.04 Å². The van der Waals surface area contributed by atoms with Crippen LogP contribution in [0, 0.1) is 18.8 Å². The average Bonchev–Trinajstić information content (AvgIpc) is 3.36. The SMILES string of the molecule is Cc1ccc(-c2ccc(C(CC3CC3C)N3CCN(C)CC3)cc2)cc1. The van der Waals surface area contributed by atoms with Crippen molar-refractivity contribution in [2.24, 2.45) is 11.8 Å². The quantitative estimate of drug-likeness (QED) is 0.750. The smallest absolute Gasteiger partial charge is 0.0351 e. The second kappa shape index (κ2) is 7.54. The lowest BCUT2D eigenvalue weighted by atomic mass is 9.95. The lowest BCUT2D eigenvalue weighted by Gasteiger charge is -2.38.